The van der Waals surface area contributed by atoms with Crippen LogP contribution in [0, 0.1) is 13.8 Å². The Balaban J connectivity index is 2.81. The number of carbonyl (C=O) groups excluding carboxylic acids is 2. The van der Waals surface area contributed by atoms with Gasteiger partial charge in [0.2, 0.25) is 5.91 Å². The first-order valence-corrected chi connectivity index (χ1v) is 6.71. The number of rotatable bonds is 5. The fourth-order valence-electron chi connectivity index (χ4n) is 2.41. The number of nitrogens with two attached hydrogens (primary N) is 1. The third-order valence-corrected chi connectivity index (χ3v) is 3.25. The Hall–Kier alpha value is -2.24. The van der Waals surface area contributed by atoms with Crippen LogP contribution in [-0.2, 0) is 11.3 Å². The van der Waals surface area contributed by atoms with Gasteiger partial charge in [0.1, 0.15) is 11.8 Å². The Morgan fingerprint density at radius 3 is 2.29 bits per heavy atom. The lowest BCUT2D eigenvalue weighted by Gasteiger charge is -2.22. The molecule has 6 heteroatoms. The molecule has 3 N–H and O–H groups in total. The molecule has 0 aliphatic rings. The number of likely N-dealkylation sites (N-methyl/N-ethyl adjacent to an activating group) is 1. The molecule has 1 unspecified atom stereocenters. The van der Waals surface area contributed by atoms with Crippen molar-refractivity contribution in [3.05, 3.63) is 28.8 Å². The number of amides is 3. The standard InChI is InChI=1S/C15H23N3O3/c1-9-6-12(7-10(2)13(9)21-5)8-18(4)14(19)11(3)17-15(16)20/h6-7,11H,8H2,1-5H3,(H3,16,17,20). The van der Waals surface area contributed by atoms with Crippen molar-refractivity contribution in [2.24, 2.45) is 5.73 Å². The zero-order chi connectivity index (χ0) is 16.2. The minimum absolute atomic E-state index is 0.195. The summed E-state index contributed by atoms with van der Waals surface area (Å²) < 4.78 is 5.32. The molecule has 0 aliphatic carbocycles. The number of primary amides is 1. The van der Waals surface area contributed by atoms with Gasteiger partial charge in [0, 0.05) is 13.6 Å². The Labute approximate surface area is 125 Å². The smallest absolute Gasteiger partial charge is 0.312 e. The summed E-state index contributed by atoms with van der Waals surface area (Å²) in [5, 5.41) is 2.38. The van der Waals surface area contributed by atoms with Crippen LogP contribution in [0.5, 0.6) is 5.75 Å². The van der Waals surface area contributed by atoms with Gasteiger partial charge in [-0.1, -0.05) is 12.1 Å². The number of benzene rings is 1. The lowest BCUT2D eigenvalue weighted by Crippen LogP contribution is -2.47. The summed E-state index contributed by atoms with van der Waals surface area (Å²) >= 11 is 0. The van der Waals surface area contributed by atoms with Crippen molar-refractivity contribution in [2.75, 3.05) is 14.2 Å². The van der Waals surface area contributed by atoms with E-state index in [9.17, 15) is 9.59 Å². The third-order valence-electron chi connectivity index (χ3n) is 3.25. The molecule has 1 atom stereocenters. The summed E-state index contributed by atoms with van der Waals surface area (Å²) in [6.07, 6.45) is 0. The Morgan fingerprint density at radius 2 is 1.86 bits per heavy atom. The summed E-state index contributed by atoms with van der Waals surface area (Å²) in [7, 11) is 3.33. The molecule has 6 nitrogen and oxygen atoms in total. The van der Waals surface area contributed by atoms with Crippen LogP contribution in [-0.4, -0.2) is 37.0 Å². The van der Waals surface area contributed by atoms with Gasteiger partial charge in [0.05, 0.1) is 7.11 Å². The molecule has 0 radical (unpaired) electrons. The van der Waals surface area contributed by atoms with Crippen LogP contribution in [0.1, 0.15) is 23.6 Å². The van der Waals surface area contributed by atoms with Gasteiger partial charge < -0.3 is 20.7 Å². The van der Waals surface area contributed by atoms with Gasteiger partial charge in [-0.05, 0) is 37.5 Å². The molecule has 1 rings (SSSR count). The maximum atomic E-state index is 12.1. The van der Waals surface area contributed by atoms with Crippen LogP contribution in [0.25, 0.3) is 0 Å². The summed E-state index contributed by atoms with van der Waals surface area (Å²) in [5.74, 6) is 0.663. The molecule has 0 heterocycles. The number of hydrogen-bond acceptors (Lipinski definition) is 3. The second kappa shape index (κ2) is 6.97. The predicted octanol–water partition coefficient (Wildman–Crippen LogP) is 1.33. The minimum Gasteiger partial charge on any atom is -0.496 e. The first-order chi connectivity index (χ1) is 9.76. The second-order valence-electron chi connectivity index (χ2n) is 5.19. The molecule has 0 saturated heterocycles. The molecule has 3 amide bonds. The van der Waals surface area contributed by atoms with Crippen LogP contribution in [0.15, 0.2) is 12.1 Å². The Morgan fingerprint density at radius 1 is 1.33 bits per heavy atom. The average Bonchev–Trinajstić information content (AvgIpc) is 2.36. The summed E-state index contributed by atoms with van der Waals surface area (Å²) in [6, 6.07) is 2.62. The van der Waals surface area contributed by atoms with E-state index in [1.54, 1.807) is 26.0 Å². The highest BCUT2D eigenvalue weighted by molar-refractivity contribution is 5.86. The average molecular weight is 293 g/mol. The molecule has 1 aromatic carbocycles. The first-order valence-electron chi connectivity index (χ1n) is 6.71. The highest BCUT2D eigenvalue weighted by atomic mass is 16.5. The van der Waals surface area contributed by atoms with Gasteiger partial charge in [-0.15, -0.1) is 0 Å². The molecule has 0 aliphatic heterocycles. The lowest BCUT2D eigenvalue weighted by atomic mass is 10.1. The van der Waals surface area contributed by atoms with Crippen molar-refractivity contribution in [1.82, 2.24) is 10.2 Å². The second-order valence-corrected chi connectivity index (χ2v) is 5.19. The van der Waals surface area contributed by atoms with Crippen molar-refractivity contribution in [3.63, 3.8) is 0 Å². The van der Waals surface area contributed by atoms with Crippen LogP contribution in [0.4, 0.5) is 4.79 Å². The van der Waals surface area contributed by atoms with Crippen LogP contribution < -0.4 is 15.8 Å². The summed E-state index contributed by atoms with van der Waals surface area (Å²) in [6.45, 7) is 5.99. The van der Waals surface area contributed by atoms with E-state index >= 15 is 0 Å². The van der Waals surface area contributed by atoms with E-state index in [1.165, 1.54) is 0 Å². The highest BCUT2D eigenvalue weighted by Gasteiger charge is 2.19. The fraction of sp³-hybridized carbons (Fsp3) is 0.467. The fourth-order valence-corrected chi connectivity index (χ4v) is 2.41. The number of methoxy groups -OCH3 is 1. The number of nitrogens with zero attached hydrogens (tertiary/aromatic N) is 1. The van der Waals surface area contributed by atoms with Gasteiger partial charge in [0.15, 0.2) is 0 Å². The zero-order valence-electron chi connectivity index (χ0n) is 13.2. The summed E-state index contributed by atoms with van der Waals surface area (Å²) in [4.78, 5) is 24.4. The maximum absolute atomic E-state index is 12.1. The van der Waals surface area contributed by atoms with E-state index < -0.39 is 12.1 Å². The number of nitrogens with one attached hydrogen (secondary N) is 1. The molecule has 0 aromatic heterocycles. The molecule has 21 heavy (non-hydrogen) atoms. The van der Waals surface area contributed by atoms with Gasteiger partial charge in [-0.25, -0.2) is 4.79 Å². The van der Waals surface area contributed by atoms with Crippen molar-refractivity contribution >= 4 is 11.9 Å². The van der Waals surface area contributed by atoms with E-state index in [2.05, 4.69) is 5.32 Å². The predicted molar refractivity (Wildman–Crippen MR) is 81.1 cm³/mol. The van der Waals surface area contributed by atoms with E-state index in [-0.39, 0.29) is 5.91 Å². The SMILES string of the molecule is COc1c(C)cc(CN(C)C(=O)C(C)NC(N)=O)cc1C. The third kappa shape index (κ3) is 4.37. The molecule has 116 valence electrons. The van der Waals surface area contributed by atoms with Crippen molar-refractivity contribution in [2.45, 2.75) is 33.4 Å². The van der Waals surface area contributed by atoms with Crippen LogP contribution in [0.2, 0.25) is 0 Å². The lowest BCUT2D eigenvalue weighted by molar-refractivity contribution is -0.132. The number of aryl methyl sites for hydroxylation is 2. The van der Waals surface area contributed by atoms with Crippen LogP contribution in [0.3, 0.4) is 0 Å². The van der Waals surface area contributed by atoms with Crippen molar-refractivity contribution in [1.29, 1.82) is 0 Å². The quantitative estimate of drug-likeness (QED) is 0.859. The van der Waals surface area contributed by atoms with Crippen molar-refractivity contribution < 1.29 is 14.3 Å². The van der Waals surface area contributed by atoms with Gasteiger partial charge in [-0.3, -0.25) is 4.79 Å². The Kier molecular flexibility index (Phi) is 5.58. The molecule has 1 aromatic rings. The Bertz CT molecular complexity index is 520. The number of hydrogen-bond donors (Lipinski definition) is 2. The maximum Gasteiger partial charge on any atom is 0.312 e. The van der Waals surface area contributed by atoms with Gasteiger partial charge >= 0.3 is 6.03 Å². The number of urea groups is 1. The first kappa shape index (κ1) is 16.8. The van der Waals surface area contributed by atoms with Gasteiger partial charge in [0.25, 0.3) is 0 Å². The van der Waals surface area contributed by atoms with E-state index in [0.29, 0.717) is 6.54 Å². The summed E-state index contributed by atoms with van der Waals surface area (Å²) in [5.41, 5.74) is 8.08. The topological polar surface area (TPSA) is 84.7 Å². The molecular weight excluding hydrogens is 270 g/mol. The largest absolute Gasteiger partial charge is 0.496 e. The molecule has 0 spiro atoms. The molecule has 0 fully saturated rings. The number of carbonyl (C=O) groups is 2. The van der Waals surface area contributed by atoms with Crippen molar-refractivity contribution in [3.8, 4) is 5.75 Å². The molecule has 0 bridgehead atoms. The minimum atomic E-state index is -0.708. The highest BCUT2D eigenvalue weighted by Crippen LogP contribution is 2.24. The van der Waals surface area contributed by atoms with E-state index in [1.807, 2.05) is 26.0 Å². The van der Waals surface area contributed by atoms with Crippen LogP contribution >= 0.6 is 0 Å². The zero-order valence-corrected chi connectivity index (χ0v) is 13.2. The number of ether oxygens (including phenoxy) is 1. The van der Waals surface area contributed by atoms with E-state index in [4.69, 9.17) is 10.5 Å². The van der Waals surface area contributed by atoms with E-state index in [0.717, 1.165) is 22.4 Å². The monoisotopic (exact) mass is 293 g/mol. The molecule has 0 saturated carbocycles. The normalized spacial score (nSPS) is 11.7. The molecular formula is C15H23N3O3. The van der Waals surface area contributed by atoms with Gasteiger partial charge in [-0.2, -0.15) is 0 Å².